The lowest BCUT2D eigenvalue weighted by Gasteiger charge is -2.12. The maximum Gasteiger partial charge on any atom is 0.240 e. The van der Waals surface area contributed by atoms with Crippen LogP contribution in [0.4, 0.5) is 20.2 Å². The minimum atomic E-state index is -3.99. The van der Waals surface area contributed by atoms with Crippen LogP contribution in [0.1, 0.15) is 5.56 Å². The molecule has 8 heteroatoms. The zero-order chi connectivity index (χ0) is 15.6. The van der Waals surface area contributed by atoms with E-state index in [1.54, 1.807) is 0 Å². The molecule has 0 radical (unpaired) electrons. The van der Waals surface area contributed by atoms with Crippen molar-refractivity contribution in [2.45, 2.75) is 11.4 Å². The summed E-state index contributed by atoms with van der Waals surface area (Å²) in [5.41, 5.74) is 5.97. The van der Waals surface area contributed by atoms with Crippen LogP contribution < -0.4 is 16.2 Å². The van der Waals surface area contributed by atoms with Crippen molar-refractivity contribution >= 4 is 21.4 Å². The van der Waals surface area contributed by atoms with E-state index in [9.17, 15) is 17.2 Å². The number of rotatable bonds is 4. The predicted octanol–water partition coefficient (Wildman–Crippen LogP) is 1.81. The van der Waals surface area contributed by atoms with Crippen LogP contribution in [-0.2, 0) is 16.6 Å². The van der Waals surface area contributed by atoms with Crippen molar-refractivity contribution < 1.29 is 17.2 Å². The van der Waals surface area contributed by atoms with Gasteiger partial charge in [0.25, 0.3) is 0 Å². The van der Waals surface area contributed by atoms with Gasteiger partial charge in [0.2, 0.25) is 10.0 Å². The number of sulfonamides is 1. The minimum Gasteiger partial charge on any atom is -0.399 e. The summed E-state index contributed by atoms with van der Waals surface area (Å²) < 4.78 is 49.5. The lowest BCUT2D eigenvalue weighted by Crippen LogP contribution is -2.15. The zero-order valence-corrected chi connectivity index (χ0v) is 11.6. The Kier molecular flexibility index (Phi) is 4.10. The fraction of sp³-hybridized carbons (Fsp3) is 0.0769. The fourth-order valence-electron chi connectivity index (χ4n) is 1.79. The molecule has 0 heterocycles. The average molecular weight is 313 g/mol. The molecule has 2 aromatic rings. The Labute approximate surface area is 120 Å². The van der Waals surface area contributed by atoms with Gasteiger partial charge in [-0.3, -0.25) is 0 Å². The van der Waals surface area contributed by atoms with E-state index >= 15 is 0 Å². The third-order valence-corrected chi connectivity index (χ3v) is 3.74. The molecule has 5 N–H and O–H groups in total. The number of primary sulfonamides is 1. The number of anilines is 2. The van der Waals surface area contributed by atoms with Gasteiger partial charge in [0, 0.05) is 17.8 Å². The molecule has 5 nitrogen and oxygen atoms in total. The molecular formula is C13H13F2N3O2S. The molecule has 0 fully saturated rings. The van der Waals surface area contributed by atoms with E-state index in [1.807, 2.05) is 0 Å². The van der Waals surface area contributed by atoms with Crippen molar-refractivity contribution in [1.29, 1.82) is 0 Å². The Morgan fingerprint density at radius 1 is 1.10 bits per heavy atom. The minimum absolute atomic E-state index is 0.0622. The lowest BCUT2D eigenvalue weighted by molar-refractivity contribution is 0.587. The van der Waals surface area contributed by atoms with E-state index < -0.39 is 21.7 Å². The highest BCUT2D eigenvalue weighted by atomic mass is 32.2. The Hall–Kier alpha value is -2.19. The van der Waals surface area contributed by atoms with Gasteiger partial charge in [-0.25, -0.2) is 22.3 Å². The number of nitrogens with two attached hydrogens (primary N) is 2. The summed E-state index contributed by atoms with van der Waals surface area (Å²) >= 11 is 0. The topological polar surface area (TPSA) is 98.2 Å². The zero-order valence-electron chi connectivity index (χ0n) is 10.8. The monoisotopic (exact) mass is 313 g/mol. The van der Waals surface area contributed by atoms with E-state index in [4.69, 9.17) is 10.9 Å². The van der Waals surface area contributed by atoms with Crippen molar-refractivity contribution in [3.8, 4) is 0 Å². The largest absolute Gasteiger partial charge is 0.399 e. The van der Waals surface area contributed by atoms with Crippen LogP contribution in [0.15, 0.2) is 41.3 Å². The van der Waals surface area contributed by atoms with Gasteiger partial charge in [-0.1, -0.05) is 0 Å². The summed E-state index contributed by atoms with van der Waals surface area (Å²) in [5, 5.41) is 7.80. The summed E-state index contributed by atoms with van der Waals surface area (Å²) in [7, 11) is -3.99. The molecule has 0 bridgehead atoms. The van der Waals surface area contributed by atoms with Crippen molar-refractivity contribution in [3.63, 3.8) is 0 Å². The number of hydrogen-bond donors (Lipinski definition) is 3. The molecule has 0 saturated heterocycles. The van der Waals surface area contributed by atoms with E-state index in [0.29, 0.717) is 0 Å². The molecular weight excluding hydrogens is 300 g/mol. The quantitative estimate of drug-likeness (QED) is 0.750. The third-order valence-electron chi connectivity index (χ3n) is 2.79. The second-order valence-electron chi connectivity index (χ2n) is 4.39. The molecule has 2 rings (SSSR count). The average Bonchev–Trinajstić information content (AvgIpc) is 2.40. The van der Waals surface area contributed by atoms with E-state index in [2.05, 4.69) is 5.32 Å². The van der Waals surface area contributed by atoms with E-state index in [-0.39, 0.29) is 28.4 Å². The van der Waals surface area contributed by atoms with Gasteiger partial charge in [-0.15, -0.1) is 0 Å². The highest BCUT2D eigenvalue weighted by Crippen LogP contribution is 2.23. The summed E-state index contributed by atoms with van der Waals surface area (Å²) in [5.74, 6) is -1.19. The first-order valence-electron chi connectivity index (χ1n) is 5.87. The predicted molar refractivity (Wildman–Crippen MR) is 75.9 cm³/mol. The fourth-order valence-corrected chi connectivity index (χ4v) is 2.54. The second-order valence-corrected chi connectivity index (χ2v) is 5.92. The number of halogens is 2. The van der Waals surface area contributed by atoms with Crippen LogP contribution in [0, 0.1) is 11.6 Å². The SMILES string of the molecule is Nc1ccc(NCc2cc(F)ccc2F)c(S(N)(=O)=O)c1. The van der Waals surface area contributed by atoms with Crippen LogP contribution in [0.2, 0.25) is 0 Å². The summed E-state index contributed by atoms with van der Waals surface area (Å²) in [6.45, 7) is -0.101. The standard InChI is InChI=1S/C13H13F2N3O2S/c14-9-1-3-11(15)8(5-9)7-18-12-4-2-10(16)6-13(12)21(17,19)20/h1-6,18H,7,16H2,(H2,17,19,20). The van der Waals surface area contributed by atoms with Gasteiger partial charge >= 0.3 is 0 Å². The molecule has 2 aromatic carbocycles. The molecule has 0 aliphatic carbocycles. The van der Waals surface area contributed by atoms with Crippen molar-refractivity contribution in [2.24, 2.45) is 5.14 Å². The summed E-state index contributed by atoms with van der Waals surface area (Å²) in [6.07, 6.45) is 0. The highest BCUT2D eigenvalue weighted by Gasteiger charge is 2.15. The molecule has 112 valence electrons. The third kappa shape index (κ3) is 3.67. The molecule has 0 amide bonds. The van der Waals surface area contributed by atoms with Crippen LogP contribution >= 0.6 is 0 Å². The number of benzene rings is 2. The summed E-state index contributed by atoms with van der Waals surface area (Å²) in [4.78, 5) is -0.209. The molecule has 0 aliphatic rings. The van der Waals surface area contributed by atoms with Gasteiger partial charge < -0.3 is 11.1 Å². The van der Waals surface area contributed by atoms with Gasteiger partial charge in [-0.2, -0.15) is 0 Å². The second kappa shape index (κ2) is 5.66. The van der Waals surface area contributed by atoms with E-state index in [1.165, 1.54) is 18.2 Å². The maximum atomic E-state index is 13.5. The summed E-state index contributed by atoms with van der Waals surface area (Å²) in [6, 6.07) is 7.09. The Balaban J connectivity index is 2.30. The van der Waals surface area contributed by atoms with Crippen molar-refractivity contribution in [2.75, 3.05) is 11.1 Å². The van der Waals surface area contributed by atoms with Gasteiger partial charge in [0.1, 0.15) is 16.5 Å². The molecule has 0 aliphatic heterocycles. The van der Waals surface area contributed by atoms with Gasteiger partial charge in [-0.05, 0) is 36.4 Å². The van der Waals surface area contributed by atoms with Gasteiger partial charge in [0.05, 0.1) is 5.69 Å². The molecule has 0 spiro atoms. The molecule has 0 unspecified atom stereocenters. The first-order valence-corrected chi connectivity index (χ1v) is 7.42. The van der Waals surface area contributed by atoms with Crippen LogP contribution in [0.25, 0.3) is 0 Å². The number of nitrogen functional groups attached to an aromatic ring is 1. The first-order chi connectivity index (χ1) is 9.77. The Morgan fingerprint density at radius 2 is 1.81 bits per heavy atom. The van der Waals surface area contributed by atoms with E-state index in [0.717, 1.165) is 18.2 Å². The molecule has 0 atom stereocenters. The number of hydrogen-bond acceptors (Lipinski definition) is 4. The Bertz CT molecular complexity index is 779. The van der Waals surface area contributed by atoms with Crippen molar-refractivity contribution in [1.82, 2.24) is 0 Å². The molecule has 21 heavy (non-hydrogen) atoms. The number of nitrogens with one attached hydrogen (secondary N) is 1. The molecule has 0 aromatic heterocycles. The normalized spacial score (nSPS) is 11.4. The highest BCUT2D eigenvalue weighted by molar-refractivity contribution is 7.89. The Morgan fingerprint density at radius 3 is 2.48 bits per heavy atom. The lowest BCUT2D eigenvalue weighted by atomic mass is 10.2. The van der Waals surface area contributed by atoms with Crippen LogP contribution in [0.3, 0.4) is 0 Å². The maximum absolute atomic E-state index is 13.5. The first kappa shape index (κ1) is 15.2. The van der Waals surface area contributed by atoms with Crippen LogP contribution in [-0.4, -0.2) is 8.42 Å². The smallest absolute Gasteiger partial charge is 0.240 e. The van der Waals surface area contributed by atoms with Crippen LogP contribution in [0.5, 0.6) is 0 Å². The van der Waals surface area contributed by atoms with Gasteiger partial charge in [0.15, 0.2) is 0 Å². The molecule has 0 saturated carbocycles. The van der Waals surface area contributed by atoms with Crippen molar-refractivity contribution in [3.05, 3.63) is 53.6 Å².